The van der Waals surface area contributed by atoms with Gasteiger partial charge in [0.2, 0.25) is 0 Å². The van der Waals surface area contributed by atoms with E-state index in [1.807, 2.05) is 49.4 Å². The number of hydrogen-bond donors (Lipinski definition) is 0. The third-order valence-corrected chi connectivity index (χ3v) is 6.54. The van der Waals surface area contributed by atoms with Gasteiger partial charge >= 0.3 is 18.1 Å². The summed E-state index contributed by atoms with van der Waals surface area (Å²) in [5, 5.41) is 5.04. The molecule has 0 unspecified atom stereocenters. The summed E-state index contributed by atoms with van der Waals surface area (Å²) in [6.07, 6.45) is -5.23. The summed E-state index contributed by atoms with van der Waals surface area (Å²) in [6.45, 7) is 2.71. The first-order valence-corrected chi connectivity index (χ1v) is 12.8. The van der Waals surface area contributed by atoms with Crippen LogP contribution in [0.1, 0.15) is 23.6 Å². The van der Waals surface area contributed by atoms with Crippen molar-refractivity contribution in [2.45, 2.75) is 19.6 Å². The average molecular weight is 569 g/mol. The first kappa shape index (κ1) is 28.0. The van der Waals surface area contributed by atoms with E-state index in [2.05, 4.69) is 9.89 Å². The maximum atomic E-state index is 15.1. The Morgan fingerprint density at radius 1 is 1.00 bits per heavy atom. The molecule has 0 saturated carbocycles. The van der Waals surface area contributed by atoms with Gasteiger partial charge in [-0.2, -0.15) is 13.2 Å². The molecule has 0 aliphatic carbocycles. The molecule has 7 nitrogen and oxygen atoms in total. The number of oxime groups is 1. The number of nitrogens with zero attached hydrogens (tertiary/aromatic N) is 2. The minimum Gasteiger partial charge on any atom is -0.456 e. The summed E-state index contributed by atoms with van der Waals surface area (Å²) >= 11 is 0. The molecule has 2 heterocycles. The van der Waals surface area contributed by atoms with Gasteiger partial charge in [0.15, 0.2) is 0 Å². The van der Waals surface area contributed by atoms with Crippen LogP contribution >= 0.6 is 0 Å². The van der Waals surface area contributed by atoms with E-state index in [0.717, 1.165) is 16.5 Å². The average Bonchev–Trinajstić information content (AvgIpc) is 3.34. The van der Waals surface area contributed by atoms with Crippen molar-refractivity contribution in [1.29, 1.82) is 0 Å². The van der Waals surface area contributed by atoms with Crippen molar-refractivity contribution in [3.63, 3.8) is 0 Å². The Hall–Kier alpha value is -4.51. The second-order valence-electron chi connectivity index (χ2n) is 9.50. The Kier molecular flexibility index (Phi) is 7.89. The van der Waals surface area contributed by atoms with Gasteiger partial charge in [-0.1, -0.05) is 41.6 Å². The van der Waals surface area contributed by atoms with Crippen molar-refractivity contribution in [3.8, 4) is 11.3 Å². The fraction of sp³-hybridized carbons (Fsp3) is 0.233. The van der Waals surface area contributed by atoms with Crippen LogP contribution in [0.3, 0.4) is 0 Å². The minimum atomic E-state index is -5.23. The van der Waals surface area contributed by atoms with Crippen molar-refractivity contribution >= 4 is 28.6 Å². The maximum Gasteiger partial charge on any atom is 0.491 e. The van der Waals surface area contributed by atoms with Crippen LogP contribution in [0, 0.1) is 11.7 Å². The molecule has 1 saturated heterocycles. The molecule has 1 fully saturated rings. The molecule has 0 amide bonds. The lowest BCUT2D eigenvalue weighted by Crippen LogP contribution is -2.51. The van der Waals surface area contributed by atoms with E-state index in [1.54, 1.807) is 29.2 Å². The number of halogens is 4. The quantitative estimate of drug-likeness (QED) is 0.0841. The zero-order valence-corrected chi connectivity index (χ0v) is 21.8. The fourth-order valence-corrected chi connectivity index (χ4v) is 4.52. The molecular formula is C30H24F4N2O5. The second-order valence-corrected chi connectivity index (χ2v) is 9.50. The smallest absolute Gasteiger partial charge is 0.456 e. The number of likely N-dealkylation sites (tertiary alicyclic amines) is 1. The van der Waals surface area contributed by atoms with Gasteiger partial charge in [0.1, 0.15) is 29.5 Å². The molecule has 11 heteroatoms. The Labute approximate surface area is 231 Å². The first-order chi connectivity index (χ1) is 19.6. The molecule has 1 aromatic heterocycles. The van der Waals surface area contributed by atoms with E-state index in [1.165, 1.54) is 6.07 Å². The van der Waals surface area contributed by atoms with Crippen LogP contribution in [0.25, 0.3) is 22.3 Å². The molecule has 0 radical (unpaired) electrons. The number of carbonyl (C=O) groups is 2. The third kappa shape index (κ3) is 6.30. The van der Waals surface area contributed by atoms with Crippen molar-refractivity contribution in [3.05, 3.63) is 95.3 Å². The number of fused-ring (bicyclic) bond motifs is 1. The molecule has 0 spiro atoms. The van der Waals surface area contributed by atoms with Gasteiger partial charge in [0.25, 0.3) is 0 Å². The Morgan fingerprint density at radius 2 is 1.76 bits per heavy atom. The number of carbonyl (C=O) groups excluding carboxylic acids is 2. The molecule has 1 aliphatic heterocycles. The van der Waals surface area contributed by atoms with Crippen molar-refractivity contribution in [1.82, 2.24) is 4.90 Å². The predicted molar refractivity (Wildman–Crippen MR) is 141 cm³/mol. The molecular weight excluding hydrogens is 544 g/mol. The van der Waals surface area contributed by atoms with E-state index in [0.29, 0.717) is 29.2 Å². The fourth-order valence-electron chi connectivity index (χ4n) is 4.52. The van der Waals surface area contributed by atoms with E-state index in [4.69, 9.17) is 9.25 Å². The molecule has 4 aromatic rings. The number of esters is 2. The summed E-state index contributed by atoms with van der Waals surface area (Å²) < 4.78 is 61.8. The molecule has 3 aromatic carbocycles. The summed E-state index contributed by atoms with van der Waals surface area (Å²) in [6, 6.07) is 21.5. The van der Waals surface area contributed by atoms with Crippen LogP contribution in [0.4, 0.5) is 17.6 Å². The molecule has 41 heavy (non-hydrogen) atoms. The van der Waals surface area contributed by atoms with E-state index < -0.39 is 29.9 Å². The maximum absolute atomic E-state index is 15.1. The van der Waals surface area contributed by atoms with Gasteiger partial charge in [-0.25, -0.2) is 9.18 Å². The number of alkyl halides is 3. The lowest BCUT2D eigenvalue weighted by atomic mass is 9.99. The Bertz CT molecular complexity index is 1610. The molecule has 5 rings (SSSR count). The second kappa shape index (κ2) is 11.5. The van der Waals surface area contributed by atoms with Crippen LogP contribution in [0.2, 0.25) is 0 Å². The number of hydrogen-bond acceptors (Lipinski definition) is 7. The number of furan rings is 1. The lowest BCUT2D eigenvalue weighted by Gasteiger charge is -2.37. The molecule has 0 atom stereocenters. The van der Waals surface area contributed by atoms with Crippen LogP contribution in [-0.2, 0) is 25.7 Å². The number of benzene rings is 3. The zero-order chi connectivity index (χ0) is 29.1. The highest BCUT2D eigenvalue weighted by Gasteiger charge is 2.45. The van der Waals surface area contributed by atoms with Crippen LogP contribution in [0.5, 0.6) is 0 Å². The van der Waals surface area contributed by atoms with Crippen LogP contribution in [-0.4, -0.2) is 48.4 Å². The van der Waals surface area contributed by atoms with E-state index >= 15 is 4.39 Å². The van der Waals surface area contributed by atoms with Gasteiger partial charge in [-0.15, -0.1) is 0 Å². The van der Waals surface area contributed by atoms with Gasteiger partial charge in [-0.3, -0.25) is 9.69 Å². The number of rotatable bonds is 8. The van der Waals surface area contributed by atoms with Crippen LogP contribution in [0.15, 0.2) is 82.4 Å². The predicted octanol–water partition coefficient (Wildman–Crippen LogP) is 6.09. The minimum absolute atomic E-state index is 0.0941. The standard InChI is InChI=1S/C30H24F4N2O5/c1-2-39-35-27(19-6-4-3-5-7-19)20-9-11-25-21(13-20)14-26(40-25)23-10-8-18(12-24(23)31)15-36-16-22(17-36)28(37)41-29(38)30(32,33)34/h3-14,22H,2,15-17H2,1H3/b35-27+. The largest absolute Gasteiger partial charge is 0.491 e. The highest BCUT2D eigenvalue weighted by atomic mass is 19.4. The lowest BCUT2D eigenvalue weighted by molar-refractivity contribution is -0.204. The topological polar surface area (TPSA) is 81.3 Å². The summed E-state index contributed by atoms with van der Waals surface area (Å²) in [5.74, 6) is -4.79. The summed E-state index contributed by atoms with van der Waals surface area (Å²) in [4.78, 5) is 29.6. The monoisotopic (exact) mass is 568 g/mol. The van der Waals surface area contributed by atoms with Gasteiger partial charge in [0, 0.05) is 36.1 Å². The highest BCUT2D eigenvalue weighted by molar-refractivity contribution is 6.13. The Balaban J connectivity index is 1.27. The molecule has 1 aliphatic rings. The normalized spacial score (nSPS) is 14.6. The molecule has 0 bridgehead atoms. The highest BCUT2D eigenvalue weighted by Crippen LogP contribution is 2.32. The van der Waals surface area contributed by atoms with Crippen LogP contribution < -0.4 is 0 Å². The first-order valence-electron chi connectivity index (χ1n) is 12.8. The van der Waals surface area contributed by atoms with Gasteiger partial charge < -0.3 is 14.0 Å². The molecule has 212 valence electrons. The Morgan fingerprint density at radius 3 is 2.44 bits per heavy atom. The summed E-state index contributed by atoms with van der Waals surface area (Å²) in [7, 11) is 0. The zero-order valence-electron chi connectivity index (χ0n) is 21.8. The van der Waals surface area contributed by atoms with Crippen molar-refractivity contribution in [2.75, 3.05) is 19.7 Å². The van der Waals surface area contributed by atoms with Gasteiger partial charge in [0.05, 0.1) is 11.5 Å². The van der Waals surface area contributed by atoms with Gasteiger partial charge in [-0.05, 0) is 48.9 Å². The summed E-state index contributed by atoms with van der Waals surface area (Å²) in [5.41, 5.74) is 3.77. The van der Waals surface area contributed by atoms with E-state index in [9.17, 15) is 22.8 Å². The number of ether oxygens (including phenoxy) is 1. The van der Waals surface area contributed by atoms with Crippen molar-refractivity contribution < 1.29 is 41.1 Å². The SMILES string of the molecule is CCO/N=C(\c1ccccc1)c1ccc2oc(-c3ccc(CN4CC(C(=O)OC(=O)C(F)(F)F)C4)cc3F)cc2c1. The third-order valence-electron chi connectivity index (χ3n) is 6.54. The van der Waals surface area contributed by atoms with Crippen molar-refractivity contribution in [2.24, 2.45) is 11.1 Å². The molecule has 0 N–H and O–H groups in total. The van der Waals surface area contributed by atoms with E-state index in [-0.39, 0.29) is 25.2 Å².